The minimum absolute atomic E-state index is 0.0195. The van der Waals surface area contributed by atoms with Gasteiger partial charge in [0.25, 0.3) is 0 Å². The van der Waals surface area contributed by atoms with Crippen LogP contribution in [0.25, 0.3) is 0 Å². The molecule has 8 nitrogen and oxygen atoms in total. The highest BCUT2D eigenvalue weighted by molar-refractivity contribution is 5.79. The number of ether oxygens (including phenoxy) is 1. The van der Waals surface area contributed by atoms with Crippen LogP contribution in [-0.2, 0) is 16.1 Å². The summed E-state index contributed by atoms with van der Waals surface area (Å²) < 4.78 is 6.44. The molecule has 0 aliphatic rings. The van der Waals surface area contributed by atoms with Crippen LogP contribution in [0.3, 0.4) is 0 Å². The third-order valence-electron chi connectivity index (χ3n) is 2.43. The number of aromatic nitrogens is 3. The highest BCUT2D eigenvalue weighted by atomic mass is 16.6. The molecule has 0 aliphatic heterocycles. The quantitative estimate of drug-likeness (QED) is 0.850. The molecule has 8 heteroatoms. The first-order valence-corrected chi connectivity index (χ1v) is 6.70. The van der Waals surface area contributed by atoms with Gasteiger partial charge in [0.2, 0.25) is 0 Å². The molecule has 0 saturated heterocycles. The Hall–Kier alpha value is -2.12. The normalized spacial score (nSPS) is 13.0. The molecule has 1 rings (SSSR count). The lowest BCUT2D eigenvalue weighted by Crippen LogP contribution is -2.45. The van der Waals surface area contributed by atoms with E-state index in [-0.39, 0.29) is 12.5 Å². The first-order valence-electron chi connectivity index (χ1n) is 6.70. The summed E-state index contributed by atoms with van der Waals surface area (Å²) >= 11 is 0. The topological polar surface area (TPSA) is 106 Å². The summed E-state index contributed by atoms with van der Waals surface area (Å²) in [4.78, 5) is 26.9. The molecular weight excluding hydrogens is 276 g/mol. The Labute approximate surface area is 123 Å². The van der Waals surface area contributed by atoms with Gasteiger partial charge in [-0.15, -0.1) is 0 Å². The molecule has 0 radical (unpaired) electrons. The van der Waals surface area contributed by atoms with E-state index in [1.54, 1.807) is 20.8 Å². The standard InChI is InChI=1S/C13H22N4O4/c1-8(2)10-14-7-17(16-10)6-9(11(18)19)15-12(20)21-13(3,4)5/h7-9H,6H2,1-5H3,(H,15,20)(H,18,19). The number of nitrogens with zero attached hydrogens (tertiary/aromatic N) is 3. The average Bonchev–Trinajstić information content (AvgIpc) is 2.74. The van der Waals surface area contributed by atoms with Gasteiger partial charge in [0, 0.05) is 5.92 Å². The van der Waals surface area contributed by atoms with Crippen molar-refractivity contribution in [1.29, 1.82) is 0 Å². The second-order valence-electron chi connectivity index (χ2n) is 6.02. The van der Waals surface area contributed by atoms with Gasteiger partial charge in [-0.1, -0.05) is 13.8 Å². The van der Waals surface area contributed by atoms with Crippen LogP contribution in [0.5, 0.6) is 0 Å². The predicted molar refractivity (Wildman–Crippen MR) is 74.9 cm³/mol. The number of aliphatic carboxylic acids is 1. The van der Waals surface area contributed by atoms with E-state index in [9.17, 15) is 9.59 Å². The molecule has 1 heterocycles. The molecule has 1 amide bonds. The number of amides is 1. The summed E-state index contributed by atoms with van der Waals surface area (Å²) in [5.74, 6) is -0.396. The Morgan fingerprint density at radius 2 is 2.05 bits per heavy atom. The van der Waals surface area contributed by atoms with Crippen molar-refractivity contribution < 1.29 is 19.4 Å². The molecule has 1 atom stereocenters. The molecule has 0 aromatic carbocycles. The minimum atomic E-state index is -1.16. The van der Waals surface area contributed by atoms with Crippen molar-refractivity contribution in [2.75, 3.05) is 0 Å². The maximum Gasteiger partial charge on any atom is 0.408 e. The highest BCUT2D eigenvalue weighted by Gasteiger charge is 2.24. The van der Waals surface area contributed by atoms with Crippen LogP contribution in [0, 0.1) is 0 Å². The van der Waals surface area contributed by atoms with E-state index < -0.39 is 23.7 Å². The molecule has 1 aromatic heterocycles. The van der Waals surface area contributed by atoms with E-state index >= 15 is 0 Å². The Kier molecular flexibility index (Phi) is 5.28. The molecular formula is C13H22N4O4. The van der Waals surface area contributed by atoms with E-state index in [2.05, 4.69) is 15.4 Å². The smallest absolute Gasteiger partial charge is 0.408 e. The summed E-state index contributed by atoms with van der Waals surface area (Å²) in [6.45, 7) is 8.97. The minimum Gasteiger partial charge on any atom is -0.480 e. The third kappa shape index (κ3) is 5.80. The first-order chi connectivity index (χ1) is 9.58. The Morgan fingerprint density at radius 1 is 1.43 bits per heavy atom. The molecule has 118 valence electrons. The van der Waals surface area contributed by atoms with Crippen LogP contribution in [-0.4, -0.2) is 43.6 Å². The van der Waals surface area contributed by atoms with Crippen molar-refractivity contribution in [3.05, 3.63) is 12.2 Å². The number of hydrogen-bond donors (Lipinski definition) is 2. The van der Waals surface area contributed by atoms with Crippen molar-refractivity contribution in [3.63, 3.8) is 0 Å². The van der Waals surface area contributed by atoms with Crippen molar-refractivity contribution in [1.82, 2.24) is 20.1 Å². The summed E-state index contributed by atoms with van der Waals surface area (Å²) in [5.41, 5.74) is -0.689. The SMILES string of the molecule is CC(C)c1ncn(CC(NC(=O)OC(C)(C)C)C(=O)O)n1. The average molecular weight is 298 g/mol. The zero-order valence-electron chi connectivity index (χ0n) is 13.0. The first kappa shape index (κ1) is 16.9. The third-order valence-corrected chi connectivity index (χ3v) is 2.43. The summed E-state index contributed by atoms with van der Waals surface area (Å²) in [5, 5.41) is 15.6. The van der Waals surface area contributed by atoms with Gasteiger partial charge in [0.1, 0.15) is 18.0 Å². The van der Waals surface area contributed by atoms with Crippen LogP contribution in [0.15, 0.2) is 6.33 Å². The Bertz CT molecular complexity index is 505. The van der Waals surface area contributed by atoms with E-state index in [0.29, 0.717) is 5.82 Å². The largest absolute Gasteiger partial charge is 0.480 e. The maximum atomic E-state index is 11.6. The molecule has 0 aliphatic carbocycles. The lowest BCUT2D eigenvalue weighted by atomic mass is 10.2. The van der Waals surface area contributed by atoms with Crippen molar-refractivity contribution in [3.8, 4) is 0 Å². The van der Waals surface area contributed by atoms with Crippen molar-refractivity contribution in [2.45, 2.75) is 58.7 Å². The van der Waals surface area contributed by atoms with Crippen LogP contribution < -0.4 is 5.32 Å². The van der Waals surface area contributed by atoms with Gasteiger partial charge in [-0.25, -0.2) is 19.3 Å². The van der Waals surface area contributed by atoms with E-state index in [0.717, 1.165) is 0 Å². The molecule has 0 spiro atoms. The summed E-state index contributed by atoms with van der Waals surface area (Å²) in [7, 11) is 0. The number of carbonyl (C=O) groups excluding carboxylic acids is 1. The lowest BCUT2D eigenvalue weighted by molar-refractivity contribution is -0.139. The van der Waals surface area contributed by atoms with Gasteiger partial charge in [0.05, 0.1) is 6.54 Å². The second-order valence-corrected chi connectivity index (χ2v) is 6.02. The number of carboxylic acid groups (broad SMARTS) is 1. The number of nitrogens with one attached hydrogen (secondary N) is 1. The number of hydrogen-bond acceptors (Lipinski definition) is 5. The zero-order valence-corrected chi connectivity index (χ0v) is 13.0. The van der Waals surface area contributed by atoms with Gasteiger partial charge in [-0.05, 0) is 20.8 Å². The Balaban J connectivity index is 2.69. The summed E-state index contributed by atoms with van der Waals surface area (Å²) in [6.07, 6.45) is 0.668. The number of carboxylic acids is 1. The van der Waals surface area contributed by atoms with E-state index in [4.69, 9.17) is 9.84 Å². The molecule has 0 fully saturated rings. The van der Waals surface area contributed by atoms with Gasteiger partial charge in [-0.3, -0.25) is 0 Å². The fraction of sp³-hybridized carbons (Fsp3) is 0.692. The van der Waals surface area contributed by atoms with Crippen LogP contribution in [0.2, 0.25) is 0 Å². The van der Waals surface area contributed by atoms with Crippen molar-refractivity contribution in [2.24, 2.45) is 0 Å². The van der Waals surface area contributed by atoms with Crippen LogP contribution in [0.4, 0.5) is 4.79 Å². The molecule has 1 unspecified atom stereocenters. The molecule has 0 saturated carbocycles. The fourth-order valence-electron chi connectivity index (χ4n) is 1.48. The lowest BCUT2D eigenvalue weighted by Gasteiger charge is -2.21. The zero-order chi connectivity index (χ0) is 16.2. The maximum absolute atomic E-state index is 11.6. The van der Waals surface area contributed by atoms with Crippen molar-refractivity contribution >= 4 is 12.1 Å². The fourth-order valence-corrected chi connectivity index (χ4v) is 1.48. The van der Waals surface area contributed by atoms with Gasteiger partial charge >= 0.3 is 12.1 Å². The predicted octanol–water partition coefficient (Wildman–Crippen LogP) is 1.38. The monoisotopic (exact) mass is 298 g/mol. The second kappa shape index (κ2) is 6.55. The molecule has 21 heavy (non-hydrogen) atoms. The number of rotatable bonds is 5. The highest BCUT2D eigenvalue weighted by Crippen LogP contribution is 2.08. The molecule has 0 bridgehead atoms. The molecule has 1 aromatic rings. The number of carbonyl (C=O) groups is 2. The number of alkyl carbamates (subject to hydrolysis) is 1. The van der Waals surface area contributed by atoms with E-state index in [1.807, 2.05) is 13.8 Å². The van der Waals surface area contributed by atoms with Gasteiger partial charge in [-0.2, -0.15) is 5.10 Å². The Morgan fingerprint density at radius 3 is 2.48 bits per heavy atom. The van der Waals surface area contributed by atoms with Gasteiger partial charge < -0.3 is 15.2 Å². The molecule has 2 N–H and O–H groups in total. The van der Waals surface area contributed by atoms with E-state index in [1.165, 1.54) is 11.0 Å². The van der Waals surface area contributed by atoms with Gasteiger partial charge in [0.15, 0.2) is 5.82 Å². The van der Waals surface area contributed by atoms with Crippen LogP contribution in [0.1, 0.15) is 46.4 Å². The summed E-state index contributed by atoms with van der Waals surface area (Å²) in [6, 6.07) is -1.14. The van der Waals surface area contributed by atoms with Crippen LogP contribution >= 0.6 is 0 Å².